The van der Waals surface area contributed by atoms with Crippen molar-refractivity contribution in [1.29, 1.82) is 0 Å². The molecule has 4 heteroatoms. The van der Waals surface area contributed by atoms with Crippen LogP contribution in [-0.2, 0) is 0 Å². The van der Waals surface area contributed by atoms with Gasteiger partial charge >= 0.3 is 0 Å². The zero-order chi connectivity index (χ0) is 13.0. The van der Waals surface area contributed by atoms with E-state index in [1.807, 2.05) is 41.8 Å². The summed E-state index contributed by atoms with van der Waals surface area (Å²) in [5.41, 5.74) is 6.14. The van der Waals surface area contributed by atoms with Crippen molar-refractivity contribution in [2.75, 3.05) is 0 Å². The maximum absolute atomic E-state index is 6.14. The summed E-state index contributed by atoms with van der Waals surface area (Å²) in [5, 5.41) is 2.64. The van der Waals surface area contributed by atoms with Crippen LogP contribution in [0.5, 0.6) is 5.75 Å². The molecule has 1 aromatic heterocycles. The molecule has 0 aliphatic heterocycles. The zero-order valence-electron chi connectivity index (χ0n) is 10.2. The lowest BCUT2D eigenvalue weighted by atomic mass is 10.1. The number of hydrogen-bond acceptors (Lipinski definition) is 3. The van der Waals surface area contributed by atoms with Gasteiger partial charge in [0.25, 0.3) is 0 Å². The van der Waals surface area contributed by atoms with E-state index < -0.39 is 0 Å². The molecule has 0 fully saturated rings. The molecule has 0 spiro atoms. The molecule has 0 amide bonds. The van der Waals surface area contributed by atoms with Crippen molar-refractivity contribution >= 4 is 22.9 Å². The standard InChI is InChI=1S/C14H16ClNOS/c1-2-11(16)14(13-8-5-9-18-13)17-12-7-4-3-6-10(12)15/h3-9,11,14H,2,16H2,1H3. The monoisotopic (exact) mass is 281 g/mol. The Morgan fingerprint density at radius 3 is 2.67 bits per heavy atom. The van der Waals surface area contributed by atoms with Crippen LogP contribution < -0.4 is 10.5 Å². The quantitative estimate of drug-likeness (QED) is 0.889. The molecule has 2 unspecified atom stereocenters. The first-order valence-electron chi connectivity index (χ1n) is 5.92. The minimum Gasteiger partial charge on any atom is -0.482 e. The number of ether oxygens (including phenoxy) is 1. The fourth-order valence-corrected chi connectivity index (χ4v) is 2.71. The predicted molar refractivity (Wildman–Crippen MR) is 77.4 cm³/mol. The number of halogens is 1. The molecule has 2 rings (SSSR count). The minimum atomic E-state index is -0.144. The van der Waals surface area contributed by atoms with E-state index in [-0.39, 0.29) is 12.1 Å². The molecule has 0 saturated heterocycles. The summed E-state index contributed by atoms with van der Waals surface area (Å²) < 4.78 is 6.00. The summed E-state index contributed by atoms with van der Waals surface area (Å²) in [5.74, 6) is 0.682. The smallest absolute Gasteiger partial charge is 0.148 e. The normalized spacial score (nSPS) is 14.2. The minimum absolute atomic E-state index is 0.0417. The Morgan fingerprint density at radius 1 is 1.28 bits per heavy atom. The lowest BCUT2D eigenvalue weighted by molar-refractivity contribution is 0.175. The van der Waals surface area contributed by atoms with E-state index in [1.165, 1.54) is 0 Å². The first kappa shape index (κ1) is 13.4. The van der Waals surface area contributed by atoms with E-state index in [0.29, 0.717) is 10.8 Å². The summed E-state index contributed by atoms with van der Waals surface area (Å²) in [4.78, 5) is 1.13. The summed E-state index contributed by atoms with van der Waals surface area (Å²) in [7, 11) is 0. The molecule has 18 heavy (non-hydrogen) atoms. The van der Waals surface area contributed by atoms with E-state index >= 15 is 0 Å². The highest BCUT2D eigenvalue weighted by molar-refractivity contribution is 7.10. The number of rotatable bonds is 5. The largest absolute Gasteiger partial charge is 0.482 e. The van der Waals surface area contributed by atoms with Crippen molar-refractivity contribution in [3.8, 4) is 5.75 Å². The van der Waals surface area contributed by atoms with Crippen molar-refractivity contribution in [3.05, 3.63) is 51.7 Å². The fourth-order valence-electron chi connectivity index (χ4n) is 1.70. The Hall–Kier alpha value is -1.03. The molecule has 2 atom stereocenters. The molecular weight excluding hydrogens is 266 g/mol. The van der Waals surface area contributed by atoms with E-state index in [9.17, 15) is 0 Å². The summed E-state index contributed by atoms with van der Waals surface area (Å²) >= 11 is 7.77. The van der Waals surface area contributed by atoms with E-state index in [0.717, 1.165) is 11.3 Å². The van der Waals surface area contributed by atoms with Crippen molar-refractivity contribution < 1.29 is 4.74 Å². The van der Waals surface area contributed by atoms with Gasteiger partial charge in [-0.05, 0) is 30.0 Å². The Kier molecular flexibility index (Phi) is 4.64. The molecule has 2 nitrogen and oxygen atoms in total. The molecule has 96 valence electrons. The second-order valence-electron chi connectivity index (χ2n) is 4.06. The van der Waals surface area contributed by atoms with Gasteiger partial charge in [0.15, 0.2) is 0 Å². The molecule has 0 aliphatic rings. The molecule has 0 aliphatic carbocycles. The topological polar surface area (TPSA) is 35.2 Å². The number of benzene rings is 1. The maximum atomic E-state index is 6.14. The molecule has 0 bridgehead atoms. The van der Waals surface area contributed by atoms with Crippen molar-refractivity contribution in [3.63, 3.8) is 0 Å². The van der Waals surface area contributed by atoms with E-state index in [1.54, 1.807) is 11.3 Å². The fraction of sp³-hybridized carbons (Fsp3) is 0.286. The Bertz CT molecular complexity index is 486. The number of thiophene rings is 1. The van der Waals surface area contributed by atoms with Crippen LogP contribution in [0.15, 0.2) is 41.8 Å². The van der Waals surface area contributed by atoms with Crippen LogP contribution in [-0.4, -0.2) is 6.04 Å². The van der Waals surface area contributed by atoms with E-state index in [4.69, 9.17) is 22.1 Å². The predicted octanol–water partition coefficient (Wildman–Crippen LogP) is 4.26. The van der Waals surface area contributed by atoms with Crippen LogP contribution >= 0.6 is 22.9 Å². The SMILES string of the molecule is CCC(N)C(Oc1ccccc1Cl)c1cccs1. The highest BCUT2D eigenvalue weighted by Crippen LogP contribution is 2.32. The summed E-state index contributed by atoms with van der Waals surface area (Å²) in [6.07, 6.45) is 0.711. The number of hydrogen-bond donors (Lipinski definition) is 1. The van der Waals surface area contributed by atoms with Gasteiger partial charge in [-0.25, -0.2) is 0 Å². The summed E-state index contributed by atoms with van der Waals surface area (Å²) in [6, 6.07) is 11.5. The van der Waals surface area contributed by atoms with Gasteiger partial charge in [0.2, 0.25) is 0 Å². The van der Waals surface area contributed by atoms with E-state index in [2.05, 4.69) is 6.92 Å². The maximum Gasteiger partial charge on any atom is 0.148 e. The van der Waals surface area contributed by atoms with Crippen molar-refractivity contribution in [2.24, 2.45) is 5.73 Å². The number of para-hydroxylation sites is 1. The zero-order valence-corrected chi connectivity index (χ0v) is 11.7. The van der Waals surface area contributed by atoms with Gasteiger partial charge in [0.1, 0.15) is 11.9 Å². The van der Waals surface area contributed by atoms with Gasteiger partial charge < -0.3 is 10.5 Å². The van der Waals surface area contributed by atoms with Crippen LogP contribution in [0.1, 0.15) is 24.3 Å². The lowest BCUT2D eigenvalue weighted by Crippen LogP contribution is -2.30. The molecule has 0 radical (unpaired) electrons. The number of nitrogens with two attached hydrogens (primary N) is 1. The van der Waals surface area contributed by atoms with Gasteiger partial charge in [0.05, 0.1) is 5.02 Å². The molecule has 2 aromatic rings. The van der Waals surface area contributed by atoms with Gasteiger partial charge in [-0.1, -0.05) is 36.7 Å². The third kappa shape index (κ3) is 3.05. The third-order valence-electron chi connectivity index (χ3n) is 2.77. The van der Waals surface area contributed by atoms with Crippen LogP contribution in [0.2, 0.25) is 5.02 Å². The van der Waals surface area contributed by atoms with Gasteiger partial charge in [-0.3, -0.25) is 0 Å². The molecular formula is C14H16ClNOS. The highest BCUT2D eigenvalue weighted by Gasteiger charge is 2.22. The first-order valence-corrected chi connectivity index (χ1v) is 7.18. The highest BCUT2D eigenvalue weighted by atomic mass is 35.5. The van der Waals surface area contributed by atoms with Crippen LogP contribution in [0.3, 0.4) is 0 Å². The lowest BCUT2D eigenvalue weighted by Gasteiger charge is -2.23. The second-order valence-corrected chi connectivity index (χ2v) is 5.44. The molecule has 2 N–H and O–H groups in total. The Balaban J connectivity index is 2.24. The van der Waals surface area contributed by atoms with Gasteiger partial charge in [0, 0.05) is 10.9 Å². The molecule has 1 heterocycles. The Labute approximate surface area is 116 Å². The van der Waals surface area contributed by atoms with Crippen LogP contribution in [0.25, 0.3) is 0 Å². The molecule has 0 saturated carbocycles. The molecule has 1 aromatic carbocycles. The van der Waals surface area contributed by atoms with Crippen LogP contribution in [0.4, 0.5) is 0 Å². The van der Waals surface area contributed by atoms with Gasteiger partial charge in [-0.2, -0.15) is 0 Å². The van der Waals surface area contributed by atoms with Gasteiger partial charge in [-0.15, -0.1) is 11.3 Å². The average Bonchev–Trinajstić information content (AvgIpc) is 2.90. The average molecular weight is 282 g/mol. The van der Waals surface area contributed by atoms with Crippen molar-refractivity contribution in [1.82, 2.24) is 0 Å². The van der Waals surface area contributed by atoms with Crippen LogP contribution in [0, 0.1) is 0 Å². The first-order chi connectivity index (χ1) is 8.72. The van der Waals surface area contributed by atoms with Crippen molar-refractivity contribution in [2.45, 2.75) is 25.5 Å². The Morgan fingerprint density at radius 2 is 2.06 bits per heavy atom. The summed E-state index contributed by atoms with van der Waals surface area (Å²) in [6.45, 7) is 2.06. The second kappa shape index (κ2) is 6.23. The third-order valence-corrected chi connectivity index (χ3v) is 4.02.